The topological polar surface area (TPSA) is 85.3 Å². The number of carboxylic acids is 1. The molecule has 3 aromatic rings. The van der Waals surface area contributed by atoms with Crippen LogP contribution in [-0.4, -0.2) is 16.1 Å². The first-order valence-electron chi connectivity index (χ1n) is 7.43. The Morgan fingerprint density at radius 2 is 2.00 bits per heavy atom. The van der Waals surface area contributed by atoms with E-state index >= 15 is 0 Å². The van der Waals surface area contributed by atoms with Crippen molar-refractivity contribution >= 4 is 28.1 Å². The summed E-state index contributed by atoms with van der Waals surface area (Å²) in [6.07, 6.45) is 0.992. The summed E-state index contributed by atoms with van der Waals surface area (Å²) in [6.45, 7) is 2.11. The van der Waals surface area contributed by atoms with Crippen LogP contribution in [0.3, 0.4) is 0 Å². The second-order valence-electron chi connectivity index (χ2n) is 5.23. The number of benzene rings is 2. The number of aromatic carboxylic acids is 1. The second kappa shape index (κ2) is 6.72. The summed E-state index contributed by atoms with van der Waals surface area (Å²) < 4.78 is 0. The van der Waals surface area contributed by atoms with Gasteiger partial charge in [0.1, 0.15) is 0 Å². The van der Waals surface area contributed by atoms with Crippen LogP contribution in [0.25, 0.3) is 11.3 Å². The first kappa shape index (κ1) is 16.0. The van der Waals surface area contributed by atoms with E-state index in [0.717, 1.165) is 17.7 Å². The minimum atomic E-state index is -1.24. The van der Waals surface area contributed by atoms with Crippen LogP contribution >= 0.6 is 11.3 Å². The van der Waals surface area contributed by atoms with E-state index in [4.69, 9.17) is 5.11 Å². The van der Waals surface area contributed by atoms with Crippen molar-refractivity contribution in [1.82, 2.24) is 4.98 Å². The quantitative estimate of drug-likeness (QED) is 0.736. The minimum absolute atomic E-state index is 0.257. The van der Waals surface area contributed by atoms with Gasteiger partial charge in [0.05, 0.1) is 11.3 Å². The molecule has 1 heterocycles. The van der Waals surface area contributed by atoms with E-state index in [9.17, 15) is 9.90 Å². The molecular weight excluding hydrogens is 324 g/mol. The molecule has 0 amide bonds. The van der Waals surface area contributed by atoms with Crippen molar-refractivity contribution in [3.8, 4) is 17.0 Å². The number of aryl methyl sites for hydroxylation is 1. The highest BCUT2D eigenvalue weighted by molar-refractivity contribution is 7.14. The maximum absolute atomic E-state index is 11.5. The standard InChI is InChI=1S/C18H16N2O3S/c1-2-11-3-5-12(6-4-11)15-10-24-18(20-15)19-13-7-8-16(21)14(9-13)17(22)23/h3-10,21H,2H2,1H3,(H,19,20)(H,22,23)/p-1. The van der Waals surface area contributed by atoms with Gasteiger partial charge >= 0.3 is 5.97 Å². The van der Waals surface area contributed by atoms with Crippen molar-refractivity contribution in [3.63, 3.8) is 0 Å². The van der Waals surface area contributed by atoms with Gasteiger partial charge in [0, 0.05) is 16.6 Å². The number of rotatable bonds is 5. The van der Waals surface area contributed by atoms with Gasteiger partial charge < -0.3 is 15.5 Å². The number of anilines is 2. The van der Waals surface area contributed by atoms with Crippen molar-refractivity contribution in [1.29, 1.82) is 0 Å². The molecule has 0 aliphatic carbocycles. The third kappa shape index (κ3) is 3.38. The van der Waals surface area contributed by atoms with E-state index < -0.39 is 11.7 Å². The van der Waals surface area contributed by atoms with Crippen LogP contribution in [0.15, 0.2) is 47.8 Å². The summed E-state index contributed by atoms with van der Waals surface area (Å²) in [5.41, 5.74) is 3.41. The zero-order chi connectivity index (χ0) is 17.1. The molecular formula is C18H15N2O3S-. The predicted molar refractivity (Wildman–Crippen MR) is 93.1 cm³/mol. The Morgan fingerprint density at radius 1 is 1.25 bits per heavy atom. The van der Waals surface area contributed by atoms with Gasteiger partial charge in [-0.15, -0.1) is 11.3 Å². The normalized spacial score (nSPS) is 10.5. The molecule has 0 radical (unpaired) electrons. The van der Waals surface area contributed by atoms with Gasteiger partial charge in [0.2, 0.25) is 0 Å². The average Bonchev–Trinajstić information content (AvgIpc) is 3.05. The first-order chi connectivity index (χ1) is 11.6. The van der Waals surface area contributed by atoms with Crippen LogP contribution in [0.2, 0.25) is 0 Å². The Labute approximate surface area is 143 Å². The molecule has 24 heavy (non-hydrogen) atoms. The number of aromatic nitrogens is 1. The maximum atomic E-state index is 11.5. The molecule has 0 saturated carbocycles. The number of hydrogen-bond acceptors (Lipinski definition) is 5. The molecule has 0 aliphatic heterocycles. The largest absolute Gasteiger partial charge is 0.872 e. The van der Waals surface area contributed by atoms with Crippen LogP contribution in [0.4, 0.5) is 10.8 Å². The highest BCUT2D eigenvalue weighted by Gasteiger charge is 2.08. The monoisotopic (exact) mass is 339 g/mol. The highest BCUT2D eigenvalue weighted by atomic mass is 32.1. The summed E-state index contributed by atoms with van der Waals surface area (Å²) in [7, 11) is 0. The number of hydrogen-bond donors (Lipinski definition) is 2. The Morgan fingerprint density at radius 3 is 2.67 bits per heavy atom. The van der Waals surface area contributed by atoms with Gasteiger partial charge in [-0.2, -0.15) is 0 Å². The minimum Gasteiger partial charge on any atom is -0.872 e. The van der Waals surface area contributed by atoms with Crippen molar-refractivity contribution < 1.29 is 15.0 Å². The first-order valence-corrected chi connectivity index (χ1v) is 8.31. The molecule has 0 aliphatic rings. The Bertz CT molecular complexity index is 872. The molecule has 0 spiro atoms. The summed E-state index contributed by atoms with van der Waals surface area (Å²) in [6, 6.07) is 12.3. The Kier molecular flexibility index (Phi) is 4.48. The lowest BCUT2D eigenvalue weighted by atomic mass is 10.1. The van der Waals surface area contributed by atoms with Crippen LogP contribution in [0, 0.1) is 0 Å². The van der Waals surface area contributed by atoms with E-state index in [-0.39, 0.29) is 5.56 Å². The molecule has 0 unspecified atom stereocenters. The molecule has 0 saturated heterocycles. The summed E-state index contributed by atoms with van der Waals surface area (Å²) in [5, 5.41) is 26.1. The molecule has 0 fully saturated rings. The van der Waals surface area contributed by atoms with E-state index in [1.54, 1.807) is 6.07 Å². The molecule has 0 bridgehead atoms. The highest BCUT2D eigenvalue weighted by Crippen LogP contribution is 2.28. The summed E-state index contributed by atoms with van der Waals surface area (Å²) >= 11 is 1.42. The van der Waals surface area contributed by atoms with Crippen molar-refractivity contribution in [2.24, 2.45) is 0 Å². The van der Waals surface area contributed by atoms with Crippen molar-refractivity contribution in [2.75, 3.05) is 5.32 Å². The third-order valence-electron chi connectivity index (χ3n) is 3.62. The number of carbonyl (C=O) groups is 1. The fraction of sp³-hybridized carbons (Fsp3) is 0.111. The Hall–Kier alpha value is -2.86. The number of nitrogens with one attached hydrogen (secondary N) is 1. The van der Waals surface area contributed by atoms with Gasteiger partial charge in [-0.25, -0.2) is 9.78 Å². The second-order valence-corrected chi connectivity index (χ2v) is 6.09. The Balaban J connectivity index is 1.81. The molecule has 6 heteroatoms. The lowest BCUT2D eigenvalue weighted by Gasteiger charge is -2.11. The van der Waals surface area contributed by atoms with E-state index in [1.807, 2.05) is 17.5 Å². The summed E-state index contributed by atoms with van der Waals surface area (Å²) in [5.74, 6) is -1.75. The van der Waals surface area contributed by atoms with Crippen LogP contribution in [-0.2, 0) is 6.42 Å². The van der Waals surface area contributed by atoms with E-state index in [2.05, 4.69) is 29.4 Å². The molecule has 0 atom stereocenters. The predicted octanol–water partition coefficient (Wildman–Crippen LogP) is 3.89. The van der Waals surface area contributed by atoms with Gasteiger partial charge in [-0.05, 0) is 24.1 Å². The van der Waals surface area contributed by atoms with Gasteiger partial charge in [0.15, 0.2) is 5.13 Å². The average molecular weight is 339 g/mol. The van der Waals surface area contributed by atoms with Gasteiger partial charge in [-0.3, -0.25) is 0 Å². The lowest BCUT2D eigenvalue weighted by molar-refractivity contribution is -0.268. The van der Waals surface area contributed by atoms with Crippen LogP contribution < -0.4 is 10.4 Å². The molecule has 2 N–H and O–H groups in total. The third-order valence-corrected chi connectivity index (χ3v) is 4.38. The number of carboxylic acid groups (broad SMARTS) is 1. The van der Waals surface area contributed by atoms with Gasteiger partial charge in [-0.1, -0.05) is 43.0 Å². The van der Waals surface area contributed by atoms with E-state index in [1.165, 1.54) is 29.0 Å². The maximum Gasteiger partial charge on any atom is 0.335 e. The van der Waals surface area contributed by atoms with E-state index in [0.29, 0.717) is 10.8 Å². The van der Waals surface area contributed by atoms with Crippen LogP contribution in [0.5, 0.6) is 5.75 Å². The van der Waals surface area contributed by atoms with Crippen molar-refractivity contribution in [3.05, 3.63) is 59.0 Å². The lowest BCUT2D eigenvalue weighted by Crippen LogP contribution is -2.04. The molecule has 5 nitrogen and oxygen atoms in total. The zero-order valence-electron chi connectivity index (χ0n) is 12.9. The fourth-order valence-corrected chi connectivity index (χ4v) is 3.01. The molecule has 2 aromatic carbocycles. The molecule has 3 rings (SSSR count). The SMILES string of the molecule is CCc1ccc(-c2csc(Nc3ccc([O-])c(C(=O)O)c3)n2)cc1. The number of nitrogens with zero attached hydrogens (tertiary/aromatic N) is 1. The molecule has 1 aromatic heterocycles. The smallest absolute Gasteiger partial charge is 0.335 e. The number of thiazole rings is 1. The van der Waals surface area contributed by atoms with Crippen molar-refractivity contribution in [2.45, 2.75) is 13.3 Å². The van der Waals surface area contributed by atoms with Gasteiger partial charge in [0.25, 0.3) is 0 Å². The molecule has 122 valence electrons. The van der Waals surface area contributed by atoms with Crippen LogP contribution in [0.1, 0.15) is 22.8 Å². The fourth-order valence-electron chi connectivity index (χ4n) is 2.27. The summed E-state index contributed by atoms with van der Waals surface area (Å²) in [4.78, 5) is 15.5. The zero-order valence-corrected chi connectivity index (χ0v) is 13.8.